The Hall–Kier alpha value is -2.28. The molecule has 7 heteroatoms. The van der Waals surface area contributed by atoms with Crippen molar-refractivity contribution in [1.82, 2.24) is 14.6 Å². The van der Waals surface area contributed by atoms with Gasteiger partial charge in [0.25, 0.3) is 5.56 Å². The molecule has 0 unspecified atom stereocenters. The van der Waals surface area contributed by atoms with Gasteiger partial charge in [-0.2, -0.15) is 9.61 Å². The molecule has 0 saturated carbocycles. The molecule has 2 aromatic heterocycles. The van der Waals surface area contributed by atoms with Crippen LogP contribution in [0.25, 0.3) is 12.2 Å². The number of aliphatic hydroxyl groups is 1. The zero-order valence-electron chi connectivity index (χ0n) is 15.6. The summed E-state index contributed by atoms with van der Waals surface area (Å²) in [4.78, 5) is 29.8. The molecule has 7 nitrogen and oxygen atoms in total. The van der Waals surface area contributed by atoms with Crippen LogP contribution in [0, 0.1) is 0 Å². The van der Waals surface area contributed by atoms with E-state index in [1.54, 1.807) is 27.7 Å². The maximum absolute atomic E-state index is 12.7. The van der Waals surface area contributed by atoms with Crippen molar-refractivity contribution in [1.29, 1.82) is 0 Å². The lowest BCUT2D eigenvalue weighted by Crippen LogP contribution is -2.41. The number of ether oxygens (including phenoxy) is 1. The van der Waals surface area contributed by atoms with E-state index in [-0.39, 0.29) is 35.1 Å². The number of carbonyl (C=O) groups is 1. The molecule has 136 valence electrons. The average molecular weight is 347 g/mol. The van der Waals surface area contributed by atoms with Gasteiger partial charge >= 0.3 is 5.97 Å². The van der Waals surface area contributed by atoms with E-state index in [9.17, 15) is 14.7 Å². The van der Waals surface area contributed by atoms with Crippen molar-refractivity contribution in [2.45, 2.75) is 59.0 Å². The molecule has 0 amide bonds. The summed E-state index contributed by atoms with van der Waals surface area (Å²) in [5.41, 5.74) is -0.0968. The molecule has 0 atom stereocenters. The van der Waals surface area contributed by atoms with Gasteiger partial charge in [0.1, 0.15) is 5.56 Å². The second-order valence-electron chi connectivity index (χ2n) is 7.39. The number of aliphatic hydroxyl groups excluding tert-OH is 1. The lowest BCUT2D eigenvalue weighted by atomic mass is 9.89. The zero-order chi connectivity index (χ0) is 19.1. The first-order valence-corrected chi connectivity index (χ1v) is 8.29. The molecule has 2 heterocycles. The van der Waals surface area contributed by atoms with Gasteiger partial charge in [-0.3, -0.25) is 4.79 Å². The van der Waals surface area contributed by atoms with Gasteiger partial charge in [-0.1, -0.05) is 34.3 Å². The van der Waals surface area contributed by atoms with Crippen molar-refractivity contribution < 1.29 is 14.6 Å². The Morgan fingerprint density at radius 3 is 2.40 bits per heavy atom. The van der Waals surface area contributed by atoms with Crippen LogP contribution < -0.4 is 10.8 Å². The van der Waals surface area contributed by atoms with Crippen molar-refractivity contribution in [3.63, 3.8) is 0 Å². The predicted octanol–water partition coefficient (Wildman–Crippen LogP) is 1.18. The highest BCUT2D eigenvalue weighted by Crippen LogP contribution is 2.24. The largest absolute Gasteiger partial charge is 0.459 e. The van der Waals surface area contributed by atoms with Crippen LogP contribution >= 0.6 is 0 Å². The molecular formula is C18H25N3O4. The number of hydrogen-bond acceptors (Lipinski definition) is 6. The number of esters is 1. The summed E-state index contributed by atoms with van der Waals surface area (Å²) in [6.07, 6.45) is -0.311. The molecule has 0 saturated heterocycles. The molecule has 25 heavy (non-hydrogen) atoms. The van der Waals surface area contributed by atoms with Gasteiger partial charge in [-0.05, 0) is 19.8 Å². The molecule has 2 aromatic rings. The SMILES string of the molecule is C=c1c(C(C)(C)CO)nc2c(C(=O)OC(C)C)c(C(C)C)nn2c1=O. The predicted molar refractivity (Wildman–Crippen MR) is 94.7 cm³/mol. The molecule has 0 aliphatic rings. The summed E-state index contributed by atoms with van der Waals surface area (Å²) in [5.74, 6) is -0.663. The smallest absolute Gasteiger partial charge is 0.344 e. The fraction of sp³-hybridized carbons (Fsp3) is 0.556. The van der Waals surface area contributed by atoms with Crippen LogP contribution in [-0.2, 0) is 10.2 Å². The van der Waals surface area contributed by atoms with Crippen LogP contribution in [0.15, 0.2) is 4.79 Å². The summed E-state index contributed by atoms with van der Waals surface area (Å²) < 4.78 is 6.42. The Bertz CT molecular complexity index is 913. The third-order valence-electron chi connectivity index (χ3n) is 3.97. The standard InChI is InChI=1S/C18H25N3O4/c1-9(2)13-12(17(24)25-10(3)4)15-19-14(18(6,7)8-22)11(5)16(23)21(15)20-13/h9-10,22H,5,8H2,1-4,6-7H3. The van der Waals surface area contributed by atoms with E-state index < -0.39 is 16.9 Å². The van der Waals surface area contributed by atoms with Gasteiger partial charge < -0.3 is 9.84 Å². The highest BCUT2D eigenvalue weighted by molar-refractivity contribution is 5.97. The Kier molecular flexibility index (Phi) is 4.99. The molecule has 2 rings (SSSR count). The fourth-order valence-electron chi connectivity index (χ4n) is 2.58. The maximum Gasteiger partial charge on any atom is 0.344 e. The third kappa shape index (κ3) is 3.28. The molecule has 0 spiro atoms. The van der Waals surface area contributed by atoms with Gasteiger partial charge in [0, 0.05) is 5.41 Å². The molecule has 0 aromatic carbocycles. The van der Waals surface area contributed by atoms with Crippen molar-refractivity contribution in [2.24, 2.45) is 0 Å². The number of hydrogen-bond donors (Lipinski definition) is 1. The van der Waals surface area contributed by atoms with Crippen LogP contribution in [0.5, 0.6) is 0 Å². The van der Waals surface area contributed by atoms with Crippen molar-refractivity contribution in [2.75, 3.05) is 6.61 Å². The minimum atomic E-state index is -0.778. The molecule has 0 aliphatic heterocycles. The number of fused-ring (bicyclic) bond motifs is 1. The minimum Gasteiger partial charge on any atom is -0.459 e. The van der Waals surface area contributed by atoms with Crippen molar-refractivity contribution in [3.8, 4) is 0 Å². The topological polar surface area (TPSA) is 93.8 Å². The fourth-order valence-corrected chi connectivity index (χ4v) is 2.58. The van der Waals surface area contributed by atoms with Gasteiger partial charge in [0.2, 0.25) is 0 Å². The van der Waals surface area contributed by atoms with Crippen LogP contribution in [0.2, 0.25) is 0 Å². The quantitative estimate of drug-likeness (QED) is 0.816. The average Bonchev–Trinajstić information content (AvgIpc) is 2.90. The second kappa shape index (κ2) is 6.55. The highest BCUT2D eigenvalue weighted by atomic mass is 16.5. The first kappa shape index (κ1) is 19.1. The zero-order valence-corrected chi connectivity index (χ0v) is 15.6. The van der Waals surface area contributed by atoms with Crippen LogP contribution in [0.3, 0.4) is 0 Å². The number of rotatable bonds is 5. The lowest BCUT2D eigenvalue weighted by molar-refractivity contribution is 0.0378. The van der Waals surface area contributed by atoms with Crippen LogP contribution in [0.1, 0.15) is 69.2 Å². The van der Waals surface area contributed by atoms with E-state index >= 15 is 0 Å². The van der Waals surface area contributed by atoms with E-state index in [4.69, 9.17) is 4.74 Å². The van der Waals surface area contributed by atoms with Crippen LogP contribution in [-0.4, -0.2) is 38.4 Å². The minimum absolute atomic E-state index is 0.0987. The van der Waals surface area contributed by atoms with Gasteiger partial charge in [0.05, 0.1) is 29.3 Å². The summed E-state index contributed by atoms with van der Waals surface area (Å²) in [6.45, 7) is 14.3. The van der Waals surface area contributed by atoms with E-state index in [1.807, 2.05) is 13.8 Å². The Balaban J connectivity index is 2.91. The van der Waals surface area contributed by atoms with Crippen molar-refractivity contribution >= 4 is 18.2 Å². The number of aromatic nitrogens is 3. The Labute approximate surface area is 146 Å². The maximum atomic E-state index is 12.7. The van der Waals surface area contributed by atoms with E-state index in [0.717, 1.165) is 4.52 Å². The number of nitrogens with zero attached hydrogens (tertiary/aromatic N) is 3. The van der Waals surface area contributed by atoms with E-state index in [2.05, 4.69) is 16.7 Å². The molecule has 1 N–H and O–H groups in total. The summed E-state index contributed by atoms with van der Waals surface area (Å²) >= 11 is 0. The van der Waals surface area contributed by atoms with Gasteiger partial charge in [0.15, 0.2) is 5.65 Å². The summed E-state index contributed by atoms with van der Waals surface area (Å²) in [5, 5.41) is 14.1. The first-order chi connectivity index (χ1) is 11.5. The van der Waals surface area contributed by atoms with E-state index in [1.165, 1.54) is 0 Å². The molecule has 0 aliphatic carbocycles. The van der Waals surface area contributed by atoms with Crippen molar-refractivity contribution in [3.05, 3.63) is 32.5 Å². The third-order valence-corrected chi connectivity index (χ3v) is 3.97. The first-order valence-electron chi connectivity index (χ1n) is 8.29. The second-order valence-corrected chi connectivity index (χ2v) is 7.39. The monoisotopic (exact) mass is 347 g/mol. The molecular weight excluding hydrogens is 322 g/mol. The Morgan fingerprint density at radius 2 is 1.92 bits per heavy atom. The Morgan fingerprint density at radius 1 is 1.32 bits per heavy atom. The lowest BCUT2D eigenvalue weighted by Gasteiger charge is -2.21. The van der Waals surface area contributed by atoms with Gasteiger partial charge in [-0.15, -0.1) is 0 Å². The normalized spacial score (nSPS) is 12.4. The molecule has 0 radical (unpaired) electrons. The number of carbonyl (C=O) groups excluding carboxylic acids is 1. The summed E-state index contributed by atoms with van der Waals surface area (Å²) in [7, 11) is 0. The molecule has 0 bridgehead atoms. The molecule has 0 fully saturated rings. The van der Waals surface area contributed by atoms with Crippen LogP contribution in [0.4, 0.5) is 0 Å². The summed E-state index contributed by atoms with van der Waals surface area (Å²) in [6, 6.07) is 0. The van der Waals surface area contributed by atoms with E-state index in [0.29, 0.717) is 11.4 Å². The highest BCUT2D eigenvalue weighted by Gasteiger charge is 2.30. The van der Waals surface area contributed by atoms with Gasteiger partial charge in [-0.25, -0.2) is 9.78 Å².